The number of rotatable bonds is 2. The van der Waals surface area contributed by atoms with Crippen molar-refractivity contribution in [3.05, 3.63) is 12.3 Å². The molecule has 0 unspecified atom stereocenters. The quantitative estimate of drug-likeness (QED) is 0.538. The Morgan fingerprint density at radius 3 is 3.00 bits per heavy atom. The highest BCUT2D eigenvalue weighted by atomic mass is 16.7. The predicted molar refractivity (Wildman–Crippen MR) is 36.8 cm³/mol. The lowest BCUT2D eigenvalue weighted by Gasteiger charge is -2.11. The minimum atomic E-state index is 0.0816. The van der Waals surface area contributed by atoms with Gasteiger partial charge in [0.1, 0.15) is 6.26 Å². The summed E-state index contributed by atoms with van der Waals surface area (Å²) in [4.78, 5) is 15.8. The van der Waals surface area contributed by atoms with Crippen molar-refractivity contribution < 1.29 is 9.63 Å². The Morgan fingerprint density at radius 1 is 1.70 bits per heavy atom. The molecule has 1 aliphatic heterocycles. The van der Waals surface area contributed by atoms with E-state index in [1.807, 2.05) is 6.92 Å². The van der Waals surface area contributed by atoms with Crippen LogP contribution < -0.4 is 0 Å². The van der Waals surface area contributed by atoms with Gasteiger partial charge in [0.15, 0.2) is 0 Å². The third-order valence-electron chi connectivity index (χ3n) is 1.35. The van der Waals surface area contributed by atoms with Crippen LogP contribution in [0.5, 0.6) is 0 Å². The first-order valence-corrected chi connectivity index (χ1v) is 3.43. The van der Waals surface area contributed by atoms with Gasteiger partial charge in [-0.05, 0) is 19.4 Å². The van der Waals surface area contributed by atoms with E-state index in [4.69, 9.17) is 4.84 Å². The fourth-order valence-corrected chi connectivity index (χ4v) is 0.869. The molecule has 0 saturated carbocycles. The average molecular weight is 141 g/mol. The summed E-state index contributed by atoms with van der Waals surface area (Å²) in [5.74, 6) is 0.0816. The molecule has 1 amide bonds. The van der Waals surface area contributed by atoms with Gasteiger partial charge < -0.3 is 4.84 Å². The molecule has 0 spiro atoms. The smallest absolute Gasteiger partial charge is 0.255 e. The van der Waals surface area contributed by atoms with Gasteiger partial charge in [0.25, 0.3) is 5.91 Å². The van der Waals surface area contributed by atoms with Gasteiger partial charge in [0.05, 0.1) is 6.54 Å². The summed E-state index contributed by atoms with van der Waals surface area (Å²) in [5.41, 5.74) is 0. The van der Waals surface area contributed by atoms with Crippen molar-refractivity contribution in [2.75, 3.05) is 6.54 Å². The number of nitrogens with zero attached hydrogens (tertiary/aromatic N) is 1. The van der Waals surface area contributed by atoms with Crippen LogP contribution in [0.15, 0.2) is 12.3 Å². The summed E-state index contributed by atoms with van der Waals surface area (Å²) >= 11 is 0. The highest BCUT2D eigenvalue weighted by Gasteiger charge is 2.20. The van der Waals surface area contributed by atoms with Crippen LogP contribution >= 0.6 is 0 Å². The van der Waals surface area contributed by atoms with Crippen molar-refractivity contribution in [3.8, 4) is 0 Å². The van der Waals surface area contributed by atoms with Crippen molar-refractivity contribution >= 4 is 5.91 Å². The SMILES string of the molecule is CC=CON1CCCC1=O. The van der Waals surface area contributed by atoms with E-state index in [0.717, 1.165) is 13.0 Å². The molecular formula is C7H11NO2. The summed E-state index contributed by atoms with van der Waals surface area (Å²) in [7, 11) is 0. The molecule has 0 N–H and O–H groups in total. The molecule has 1 fully saturated rings. The van der Waals surface area contributed by atoms with Crippen molar-refractivity contribution in [3.63, 3.8) is 0 Å². The fraction of sp³-hybridized carbons (Fsp3) is 0.571. The van der Waals surface area contributed by atoms with Gasteiger partial charge in [0, 0.05) is 6.42 Å². The molecule has 10 heavy (non-hydrogen) atoms. The van der Waals surface area contributed by atoms with Gasteiger partial charge in [-0.1, -0.05) is 0 Å². The summed E-state index contributed by atoms with van der Waals surface area (Å²) in [6.07, 6.45) is 4.81. The summed E-state index contributed by atoms with van der Waals surface area (Å²) in [5, 5.41) is 1.39. The molecule has 0 aromatic heterocycles. The molecule has 3 heteroatoms. The van der Waals surface area contributed by atoms with Gasteiger partial charge in [-0.15, -0.1) is 0 Å². The van der Waals surface area contributed by atoms with Gasteiger partial charge in [-0.3, -0.25) is 4.79 Å². The second-order valence-corrected chi connectivity index (χ2v) is 2.17. The van der Waals surface area contributed by atoms with E-state index in [1.54, 1.807) is 6.08 Å². The zero-order chi connectivity index (χ0) is 7.40. The molecule has 0 aliphatic carbocycles. The van der Waals surface area contributed by atoms with Crippen molar-refractivity contribution in [2.24, 2.45) is 0 Å². The van der Waals surface area contributed by atoms with E-state index in [2.05, 4.69) is 0 Å². The maximum absolute atomic E-state index is 10.8. The van der Waals surface area contributed by atoms with E-state index < -0.39 is 0 Å². The average Bonchev–Trinajstić information content (AvgIpc) is 2.31. The van der Waals surface area contributed by atoms with E-state index >= 15 is 0 Å². The molecule has 3 nitrogen and oxygen atoms in total. The van der Waals surface area contributed by atoms with Gasteiger partial charge in [-0.2, -0.15) is 5.06 Å². The molecule has 0 atom stereocenters. The Labute approximate surface area is 60.2 Å². The molecule has 0 bridgehead atoms. The molecule has 56 valence electrons. The van der Waals surface area contributed by atoms with Crippen LogP contribution in [0, 0.1) is 0 Å². The number of carbonyl (C=O) groups is 1. The van der Waals surface area contributed by atoms with Gasteiger partial charge >= 0.3 is 0 Å². The van der Waals surface area contributed by atoms with Crippen LogP contribution in [0.1, 0.15) is 19.8 Å². The molecular weight excluding hydrogens is 130 g/mol. The fourth-order valence-electron chi connectivity index (χ4n) is 0.869. The lowest BCUT2D eigenvalue weighted by atomic mass is 10.4. The lowest BCUT2D eigenvalue weighted by molar-refractivity contribution is -0.159. The number of amides is 1. The number of carbonyl (C=O) groups excluding carboxylic acids is 1. The molecule has 0 aromatic rings. The Hall–Kier alpha value is -0.990. The Kier molecular flexibility index (Phi) is 2.31. The first kappa shape index (κ1) is 7.12. The zero-order valence-electron chi connectivity index (χ0n) is 6.04. The van der Waals surface area contributed by atoms with E-state index in [0.29, 0.717) is 6.42 Å². The predicted octanol–water partition coefficient (Wildman–Crippen LogP) is 1.07. The maximum Gasteiger partial charge on any atom is 0.255 e. The molecule has 1 aliphatic rings. The highest BCUT2D eigenvalue weighted by molar-refractivity contribution is 5.76. The number of hydrogen-bond acceptors (Lipinski definition) is 2. The second kappa shape index (κ2) is 3.25. The maximum atomic E-state index is 10.8. The van der Waals surface area contributed by atoms with Gasteiger partial charge in [0.2, 0.25) is 0 Å². The summed E-state index contributed by atoms with van der Waals surface area (Å²) < 4.78 is 0. The van der Waals surface area contributed by atoms with E-state index in [1.165, 1.54) is 11.3 Å². The standard InChI is InChI=1S/C7H11NO2/c1-2-6-10-8-5-3-4-7(8)9/h2,6H,3-5H2,1H3. The zero-order valence-corrected chi connectivity index (χ0v) is 6.04. The van der Waals surface area contributed by atoms with E-state index in [-0.39, 0.29) is 5.91 Å². The molecule has 1 heterocycles. The summed E-state index contributed by atoms with van der Waals surface area (Å²) in [6.45, 7) is 2.57. The number of allylic oxidation sites excluding steroid dienone is 1. The summed E-state index contributed by atoms with van der Waals surface area (Å²) in [6, 6.07) is 0. The third-order valence-corrected chi connectivity index (χ3v) is 1.35. The Bertz CT molecular complexity index is 154. The monoisotopic (exact) mass is 141 g/mol. The topological polar surface area (TPSA) is 29.5 Å². The molecule has 1 saturated heterocycles. The Balaban J connectivity index is 2.33. The van der Waals surface area contributed by atoms with Crippen molar-refractivity contribution in [2.45, 2.75) is 19.8 Å². The number of hydrogen-bond donors (Lipinski definition) is 0. The minimum Gasteiger partial charge on any atom is -0.385 e. The normalized spacial score (nSPS) is 18.9. The first-order valence-electron chi connectivity index (χ1n) is 3.43. The van der Waals surface area contributed by atoms with Crippen molar-refractivity contribution in [1.82, 2.24) is 5.06 Å². The third kappa shape index (κ3) is 1.50. The first-order chi connectivity index (χ1) is 4.84. The van der Waals surface area contributed by atoms with Crippen LogP contribution in [0.25, 0.3) is 0 Å². The van der Waals surface area contributed by atoms with Crippen molar-refractivity contribution in [1.29, 1.82) is 0 Å². The minimum absolute atomic E-state index is 0.0816. The Morgan fingerprint density at radius 2 is 2.50 bits per heavy atom. The highest BCUT2D eigenvalue weighted by Crippen LogP contribution is 2.09. The number of hydroxylamine groups is 2. The molecule has 0 aromatic carbocycles. The largest absolute Gasteiger partial charge is 0.385 e. The second-order valence-electron chi connectivity index (χ2n) is 2.17. The molecule has 1 rings (SSSR count). The molecule has 0 radical (unpaired) electrons. The van der Waals surface area contributed by atoms with Crippen LogP contribution in [0.3, 0.4) is 0 Å². The van der Waals surface area contributed by atoms with Crippen LogP contribution in [-0.2, 0) is 9.63 Å². The van der Waals surface area contributed by atoms with E-state index in [9.17, 15) is 4.79 Å². The van der Waals surface area contributed by atoms with Crippen LogP contribution in [0.4, 0.5) is 0 Å². The van der Waals surface area contributed by atoms with Crippen LogP contribution in [-0.4, -0.2) is 17.5 Å². The van der Waals surface area contributed by atoms with Crippen LogP contribution in [0.2, 0.25) is 0 Å². The van der Waals surface area contributed by atoms with Gasteiger partial charge in [-0.25, -0.2) is 0 Å². The lowest BCUT2D eigenvalue weighted by Crippen LogP contribution is -2.22.